The number of sulfonamides is 1. The highest BCUT2D eigenvalue weighted by molar-refractivity contribution is 7.89. The second-order valence-electron chi connectivity index (χ2n) is 4.68. The molecule has 0 unspecified atom stereocenters. The second-order valence-corrected chi connectivity index (χ2v) is 6.62. The van der Waals surface area contributed by atoms with Gasteiger partial charge in [-0.2, -0.15) is 4.31 Å². The molecule has 0 bridgehead atoms. The summed E-state index contributed by atoms with van der Waals surface area (Å²) >= 11 is 0. The highest BCUT2D eigenvalue weighted by atomic mass is 32.2. The minimum Gasteiger partial charge on any atom is -0.468 e. The molecular formula is C15H20N2O3S. The summed E-state index contributed by atoms with van der Waals surface area (Å²) < 4.78 is 31.9. The first kappa shape index (κ1) is 15.8. The quantitative estimate of drug-likeness (QED) is 0.852. The van der Waals surface area contributed by atoms with Crippen molar-refractivity contribution in [1.82, 2.24) is 9.62 Å². The average Bonchev–Trinajstić information content (AvgIpc) is 2.98. The highest BCUT2D eigenvalue weighted by Gasteiger charge is 2.23. The van der Waals surface area contributed by atoms with Crippen LogP contribution in [0, 0.1) is 0 Å². The zero-order valence-electron chi connectivity index (χ0n) is 12.2. The zero-order chi connectivity index (χ0) is 15.3. The Hall–Kier alpha value is -1.63. The molecule has 0 aliphatic rings. The molecule has 6 heteroatoms. The third-order valence-corrected chi connectivity index (χ3v) is 5.14. The number of rotatable bonds is 7. The van der Waals surface area contributed by atoms with Crippen molar-refractivity contribution >= 4 is 10.0 Å². The molecule has 21 heavy (non-hydrogen) atoms. The average molecular weight is 308 g/mol. The maximum absolute atomic E-state index is 12.6. The van der Waals surface area contributed by atoms with Crippen molar-refractivity contribution in [3.63, 3.8) is 0 Å². The largest absolute Gasteiger partial charge is 0.468 e. The van der Waals surface area contributed by atoms with E-state index >= 15 is 0 Å². The molecule has 0 atom stereocenters. The van der Waals surface area contributed by atoms with Crippen LogP contribution in [0.25, 0.3) is 0 Å². The molecule has 114 valence electrons. The lowest BCUT2D eigenvalue weighted by Crippen LogP contribution is -2.30. The Morgan fingerprint density at radius 2 is 1.90 bits per heavy atom. The fourth-order valence-corrected chi connectivity index (χ4v) is 3.49. The Balaban J connectivity index is 2.22. The Bertz CT molecular complexity index is 649. The standard InChI is InChI=1S/C15H20N2O3S/c1-3-17(12-14-5-4-10-20-14)21(18,19)15-8-6-13(7-9-15)11-16-2/h4-10,16H,3,11-12H2,1-2H3. The molecule has 2 rings (SSSR count). The summed E-state index contributed by atoms with van der Waals surface area (Å²) in [6.45, 7) is 3.16. The number of hydrogen-bond acceptors (Lipinski definition) is 4. The number of furan rings is 1. The molecule has 1 aromatic carbocycles. The van der Waals surface area contributed by atoms with Crippen molar-refractivity contribution in [3.8, 4) is 0 Å². The summed E-state index contributed by atoms with van der Waals surface area (Å²) in [5.41, 5.74) is 1.05. The van der Waals surface area contributed by atoms with E-state index in [9.17, 15) is 8.42 Å². The first-order valence-electron chi connectivity index (χ1n) is 6.84. The van der Waals surface area contributed by atoms with Crippen molar-refractivity contribution < 1.29 is 12.8 Å². The molecule has 0 radical (unpaired) electrons. The van der Waals surface area contributed by atoms with Gasteiger partial charge in [0.25, 0.3) is 0 Å². The molecule has 0 fully saturated rings. The van der Waals surface area contributed by atoms with Crippen LogP contribution in [0.3, 0.4) is 0 Å². The van der Waals surface area contributed by atoms with E-state index in [2.05, 4.69) is 5.32 Å². The van der Waals surface area contributed by atoms with Gasteiger partial charge in [-0.1, -0.05) is 19.1 Å². The van der Waals surface area contributed by atoms with Gasteiger partial charge >= 0.3 is 0 Å². The van der Waals surface area contributed by atoms with E-state index in [1.54, 1.807) is 30.5 Å². The van der Waals surface area contributed by atoms with Gasteiger partial charge in [-0.05, 0) is 36.9 Å². The number of hydrogen-bond donors (Lipinski definition) is 1. The molecule has 1 aromatic heterocycles. The normalized spacial score (nSPS) is 12.0. The van der Waals surface area contributed by atoms with Crippen molar-refractivity contribution in [2.45, 2.75) is 24.9 Å². The Morgan fingerprint density at radius 1 is 1.19 bits per heavy atom. The first-order valence-corrected chi connectivity index (χ1v) is 8.28. The smallest absolute Gasteiger partial charge is 0.243 e. The van der Waals surface area contributed by atoms with Gasteiger partial charge < -0.3 is 9.73 Å². The van der Waals surface area contributed by atoms with Crippen LogP contribution >= 0.6 is 0 Å². The van der Waals surface area contributed by atoms with Crippen LogP contribution in [0.4, 0.5) is 0 Å². The van der Waals surface area contributed by atoms with Crippen molar-refractivity contribution in [3.05, 3.63) is 54.0 Å². The van der Waals surface area contributed by atoms with Gasteiger partial charge in [0.2, 0.25) is 10.0 Å². The molecule has 0 saturated heterocycles. The van der Waals surface area contributed by atoms with Crippen LogP contribution in [-0.4, -0.2) is 26.3 Å². The minimum absolute atomic E-state index is 0.240. The molecule has 0 amide bonds. The van der Waals surface area contributed by atoms with Crippen LogP contribution < -0.4 is 5.32 Å². The SMILES string of the molecule is CCN(Cc1ccco1)S(=O)(=O)c1ccc(CNC)cc1. The Morgan fingerprint density at radius 3 is 2.43 bits per heavy atom. The van der Waals surface area contributed by atoms with Crippen LogP contribution in [0.15, 0.2) is 52.0 Å². The summed E-state index contributed by atoms with van der Waals surface area (Å²) in [7, 11) is -1.65. The Kier molecular flexibility index (Phi) is 5.17. The summed E-state index contributed by atoms with van der Waals surface area (Å²) in [5.74, 6) is 0.632. The van der Waals surface area contributed by atoms with Gasteiger partial charge in [-0.3, -0.25) is 0 Å². The molecule has 1 N–H and O–H groups in total. The molecule has 0 saturated carbocycles. The molecular weight excluding hydrogens is 288 g/mol. The van der Waals surface area contributed by atoms with E-state index in [0.29, 0.717) is 23.7 Å². The van der Waals surface area contributed by atoms with Gasteiger partial charge in [0.1, 0.15) is 5.76 Å². The molecule has 0 aliphatic heterocycles. The van der Waals surface area contributed by atoms with E-state index in [0.717, 1.165) is 5.56 Å². The molecule has 0 aliphatic carbocycles. The first-order chi connectivity index (χ1) is 10.1. The van der Waals surface area contributed by atoms with Gasteiger partial charge in [0, 0.05) is 13.1 Å². The lowest BCUT2D eigenvalue weighted by molar-refractivity contribution is 0.375. The molecule has 0 spiro atoms. The van der Waals surface area contributed by atoms with E-state index in [1.165, 1.54) is 4.31 Å². The number of nitrogens with zero attached hydrogens (tertiary/aromatic N) is 1. The third kappa shape index (κ3) is 3.72. The lowest BCUT2D eigenvalue weighted by Gasteiger charge is -2.19. The van der Waals surface area contributed by atoms with E-state index in [1.807, 2.05) is 26.1 Å². The number of benzene rings is 1. The molecule has 5 nitrogen and oxygen atoms in total. The van der Waals surface area contributed by atoms with Crippen LogP contribution in [0.2, 0.25) is 0 Å². The summed E-state index contributed by atoms with van der Waals surface area (Å²) in [6.07, 6.45) is 1.54. The fourth-order valence-electron chi connectivity index (χ4n) is 2.08. The summed E-state index contributed by atoms with van der Waals surface area (Å²) in [5, 5.41) is 3.03. The topological polar surface area (TPSA) is 62.6 Å². The van der Waals surface area contributed by atoms with Crippen LogP contribution in [0.1, 0.15) is 18.2 Å². The molecule has 1 heterocycles. The van der Waals surface area contributed by atoms with Crippen LogP contribution in [0.5, 0.6) is 0 Å². The van der Waals surface area contributed by atoms with E-state index in [-0.39, 0.29) is 6.54 Å². The van der Waals surface area contributed by atoms with Gasteiger partial charge in [-0.15, -0.1) is 0 Å². The predicted octanol–water partition coefficient (Wildman–Crippen LogP) is 2.21. The minimum atomic E-state index is -3.51. The predicted molar refractivity (Wildman–Crippen MR) is 81.2 cm³/mol. The van der Waals surface area contributed by atoms with E-state index in [4.69, 9.17) is 4.42 Å². The van der Waals surface area contributed by atoms with Gasteiger partial charge in [-0.25, -0.2) is 8.42 Å². The maximum atomic E-state index is 12.6. The number of nitrogens with one attached hydrogen (secondary N) is 1. The van der Waals surface area contributed by atoms with E-state index < -0.39 is 10.0 Å². The van der Waals surface area contributed by atoms with Gasteiger partial charge in [0.15, 0.2) is 0 Å². The van der Waals surface area contributed by atoms with Crippen molar-refractivity contribution in [2.75, 3.05) is 13.6 Å². The maximum Gasteiger partial charge on any atom is 0.243 e. The fraction of sp³-hybridized carbons (Fsp3) is 0.333. The zero-order valence-corrected chi connectivity index (χ0v) is 13.1. The highest BCUT2D eigenvalue weighted by Crippen LogP contribution is 2.19. The molecule has 2 aromatic rings. The monoisotopic (exact) mass is 308 g/mol. The second kappa shape index (κ2) is 6.89. The Labute approximate surface area is 125 Å². The van der Waals surface area contributed by atoms with Gasteiger partial charge in [0.05, 0.1) is 17.7 Å². The summed E-state index contributed by atoms with van der Waals surface area (Å²) in [4.78, 5) is 0.302. The third-order valence-electron chi connectivity index (χ3n) is 3.21. The van der Waals surface area contributed by atoms with Crippen molar-refractivity contribution in [2.24, 2.45) is 0 Å². The van der Waals surface area contributed by atoms with Crippen molar-refractivity contribution in [1.29, 1.82) is 0 Å². The lowest BCUT2D eigenvalue weighted by atomic mass is 10.2. The summed E-state index contributed by atoms with van der Waals surface area (Å²) in [6, 6.07) is 10.5. The van der Waals surface area contributed by atoms with Crippen LogP contribution in [-0.2, 0) is 23.1 Å².